The Bertz CT molecular complexity index is 640. The highest BCUT2D eigenvalue weighted by molar-refractivity contribution is 9.10. The van der Waals surface area contributed by atoms with Crippen LogP contribution in [0.2, 0.25) is 0 Å². The van der Waals surface area contributed by atoms with Crippen molar-refractivity contribution in [2.45, 2.75) is 19.9 Å². The first-order chi connectivity index (χ1) is 9.49. The van der Waals surface area contributed by atoms with Gasteiger partial charge in [0.15, 0.2) is 0 Å². The number of halogens is 1. The lowest BCUT2D eigenvalue weighted by Gasteiger charge is -2.16. The van der Waals surface area contributed by atoms with Crippen LogP contribution in [0.4, 0.5) is 5.69 Å². The molecule has 0 saturated carbocycles. The van der Waals surface area contributed by atoms with E-state index >= 15 is 0 Å². The van der Waals surface area contributed by atoms with E-state index < -0.39 is 0 Å². The second-order valence-corrected chi connectivity index (χ2v) is 5.70. The number of carbonyl (C=O) groups excluding carboxylic acids is 1. The van der Waals surface area contributed by atoms with E-state index in [1.54, 1.807) is 6.07 Å². The number of hydrogen-bond acceptors (Lipinski definition) is 2. The van der Waals surface area contributed by atoms with Crippen molar-refractivity contribution in [3.63, 3.8) is 0 Å². The molecule has 0 aliphatic rings. The van der Waals surface area contributed by atoms with E-state index in [0.29, 0.717) is 11.3 Å². The van der Waals surface area contributed by atoms with Crippen LogP contribution in [-0.2, 0) is 0 Å². The standard InChI is InChI=1S/C16H17BrN2O/c1-10-5-3-8-14(15(10)18)16(20)19-11(2)12-6-4-7-13(17)9-12/h3-9,11H,18H2,1-2H3,(H,19,20). The van der Waals surface area contributed by atoms with Crippen LogP contribution in [0.3, 0.4) is 0 Å². The number of anilines is 1. The molecule has 0 saturated heterocycles. The topological polar surface area (TPSA) is 55.1 Å². The van der Waals surface area contributed by atoms with Gasteiger partial charge < -0.3 is 11.1 Å². The number of aryl methyl sites for hydroxylation is 1. The third-order valence-electron chi connectivity index (χ3n) is 3.27. The molecule has 3 N–H and O–H groups in total. The third kappa shape index (κ3) is 3.20. The molecule has 2 aromatic rings. The molecule has 2 aromatic carbocycles. The number of hydrogen-bond donors (Lipinski definition) is 2. The lowest BCUT2D eigenvalue weighted by molar-refractivity contribution is 0.0940. The third-order valence-corrected chi connectivity index (χ3v) is 3.76. The Morgan fingerprint density at radius 1 is 1.25 bits per heavy atom. The molecule has 0 bridgehead atoms. The quantitative estimate of drug-likeness (QED) is 0.839. The minimum absolute atomic E-state index is 0.0834. The molecule has 0 aromatic heterocycles. The van der Waals surface area contributed by atoms with Gasteiger partial charge in [0.05, 0.1) is 11.6 Å². The van der Waals surface area contributed by atoms with Gasteiger partial charge in [0.25, 0.3) is 5.91 Å². The average molecular weight is 333 g/mol. The van der Waals surface area contributed by atoms with Crippen LogP contribution in [0.5, 0.6) is 0 Å². The number of rotatable bonds is 3. The second-order valence-electron chi connectivity index (χ2n) is 4.79. The van der Waals surface area contributed by atoms with Gasteiger partial charge in [-0.1, -0.05) is 40.2 Å². The summed E-state index contributed by atoms with van der Waals surface area (Å²) in [5, 5.41) is 2.97. The van der Waals surface area contributed by atoms with Crippen molar-refractivity contribution in [1.29, 1.82) is 0 Å². The number of benzene rings is 2. The van der Waals surface area contributed by atoms with Crippen molar-refractivity contribution in [1.82, 2.24) is 5.32 Å². The summed E-state index contributed by atoms with van der Waals surface area (Å²) in [6, 6.07) is 13.3. The molecule has 104 valence electrons. The van der Waals surface area contributed by atoms with E-state index in [2.05, 4.69) is 21.2 Å². The Hall–Kier alpha value is -1.81. The highest BCUT2D eigenvalue weighted by Crippen LogP contribution is 2.20. The summed E-state index contributed by atoms with van der Waals surface area (Å²) in [5.41, 5.74) is 8.96. The molecule has 1 amide bonds. The zero-order chi connectivity index (χ0) is 14.7. The highest BCUT2D eigenvalue weighted by atomic mass is 79.9. The zero-order valence-corrected chi connectivity index (χ0v) is 13.1. The molecule has 2 rings (SSSR count). The summed E-state index contributed by atoms with van der Waals surface area (Å²) >= 11 is 3.43. The fourth-order valence-electron chi connectivity index (χ4n) is 2.01. The largest absolute Gasteiger partial charge is 0.398 e. The van der Waals surface area contributed by atoms with Crippen molar-refractivity contribution >= 4 is 27.5 Å². The number of para-hydroxylation sites is 1. The molecular weight excluding hydrogens is 316 g/mol. The van der Waals surface area contributed by atoms with Crippen LogP contribution in [0.15, 0.2) is 46.9 Å². The number of carbonyl (C=O) groups is 1. The Kier molecular flexibility index (Phi) is 4.45. The van der Waals surface area contributed by atoms with Crippen LogP contribution in [0.1, 0.15) is 34.5 Å². The maximum absolute atomic E-state index is 12.3. The first kappa shape index (κ1) is 14.6. The van der Waals surface area contributed by atoms with Gasteiger partial charge in [0, 0.05) is 10.2 Å². The van der Waals surface area contributed by atoms with Crippen molar-refractivity contribution in [3.8, 4) is 0 Å². The first-order valence-corrected chi connectivity index (χ1v) is 7.19. The van der Waals surface area contributed by atoms with E-state index in [-0.39, 0.29) is 11.9 Å². The number of nitrogen functional groups attached to an aromatic ring is 1. The molecule has 1 unspecified atom stereocenters. The summed E-state index contributed by atoms with van der Waals surface area (Å²) < 4.78 is 0.992. The van der Waals surface area contributed by atoms with Crippen LogP contribution >= 0.6 is 15.9 Å². The number of nitrogens with two attached hydrogens (primary N) is 1. The maximum Gasteiger partial charge on any atom is 0.253 e. The minimum Gasteiger partial charge on any atom is -0.398 e. The van der Waals surface area contributed by atoms with E-state index in [1.807, 2.05) is 50.2 Å². The van der Waals surface area contributed by atoms with Gasteiger partial charge in [-0.15, -0.1) is 0 Å². The molecule has 0 heterocycles. The Morgan fingerprint density at radius 2 is 1.95 bits per heavy atom. The van der Waals surface area contributed by atoms with Gasteiger partial charge in [-0.2, -0.15) is 0 Å². The fraction of sp³-hybridized carbons (Fsp3) is 0.188. The van der Waals surface area contributed by atoms with Gasteiger partial charge in [0.2, 0.25) is 0 Å². The molecular formula is C16H17BrN2O. The SMILES string of the molecule is Cc1cccc(C(=O)NC(C)c2cccc(Br)c2)c1N. The lowest BCUT2D eigenvalue weighted by atomic mass is 10.1. The molecule has 0 radical (unpaired) electrons. The van der Waals surface area contributed by atoms with Gasteiger partial charge in [-0.25, -0.2) is 0 Å². The van der Waals surface area contributed by atoms with Gasteiger partial charge in [0.1, 0.15) is 0 Å². The van der Waals surface area contributed by atoms with E-state index in [1.165, 1.54) is 0 Å². The summed E-state index contributed by atoms with van der Waals surface area (Å²) in [6.45, 7) is 3.84. The molecule has 1 atom stereocenters. The van der Waals surface area contributed by atoms with Crippen molar-refractivity contribution < 1.29 is 4.79 Å². The Balaban J connectivity index is 2.17. The summed E-state index contributed by atoms with van der Waals surface area (Å²) in [6.07, 6.45) is 0. The smallest absolute Gasteiger partial charge is 0.253 e. The lowest BCUT2D eigenvalue weighted by Crippen LogP contribution is -2.27. The van der Waals surface area contributed by atoms with Gasteiger partial charge in [-0.05, 0) is 43.2 Å². The van der Waals surface area contributed by atoms with Crippen LogP contribution in [0.25, 0.3) is 0 Å². The normalized spacial score (nSPS) is 11.9. The number of nitrogens with one attached hydrogen (secondary N) is 1. The number of amides is 1. The fourth-order valence-corrected chi connectivity index (χ4v) is 2.43. The second kappa shape index (κ2) is 6.09. The summed E-state index contributed by atoms with van der Waals surface area (Å²) in [7, 11) is 0. The van der Waals surface area contributed by atoms with Gasteiger partial charge in [-0.3, -0.25) is 4.79 Å². The molecule has 0 spiro atoms. The molecule has 4 heteroatoms. The van der Waals surface area contributed by atoms with E-state index in [9.17, 15) is 4.79 Å². The first-order valence-electron chi connectivity index (χ1n) is 6.40. The zero-order valence-electron chi connectivity index (χ0n) is 11.5. The van der Waals surface area contributed by atoms with Crippen molar-refractivity contribution in [2.75, 3.05) is 5.73 Å². The van der Waals surface area contributed by atoms with Crippen LogP contribution in [-0.4, -0.2) is 5.91 Å². The monoisotopic (exact) mass is 332 g/mol. The highest BCUT2D eigenvalue weighted by Gasteiger charge is 2.14. The molecule has 20 heavy (non-hydrogen) atoms. The van der Waals surface area contributed by atoms with E-state index in [0.717, 1.165) is 15.6 Å². The summed E-state index contributed by atoms with van der Waals surface area (Å²) in [4.78, 5) is 12.3. The van der Waals surface area contributed by atoms with Gasteiger partial charge >= 0.3 is 0 Å². The average Bonchev–Trinajstić information content (AvgIpc) is 2.41. The molecule has 0 aliphatic carbocycles. The van der Waals surface area contributed by atoms with E-state index in [4.69, 9.17) is 5.73 Å². The minimum atomic E-state index is -0.154. The predicted octanol–water partition coefficient (Wildman–Crippen LogP) is 3.83. The summed E-state index contributed by atoms with van der Waals surface area (Å²) in [5.74, 6) is -0.154. The Labute approximate surface area is 127 Å². The van der Waals surface area contributed by atoms with Crippen LogP contribution < -0.4 is 11.1 Å². The molecule has 0 aliphatic heterocycles. The van der Waals surface area contributed by atoms with Crippen molar-refractivity contribution in [2.24, 2.45) is 0 Å². The molecule has 3 nitrogen and oxygen atoms in total. The molecule has 0 fully saturated rings. The predicted molar refractivity (Wildman–Crippen MR) is 85.6 cm³/mol. The maximum atomic E-state index is 12.3. The van der Waals surface area contributed by atoms with Crippen LogP contribution in [0, 0.1) is 6.92 Å². The Morgan fingerprint density at radius 3 is 2.65 bits per heavy atom. The van der Waals surface area contributed by atoms with Crippen molar-refractivity contribution in [3.05, 3.63) is 63.6 Å².